The Balaban J connectivity index is 3.52. The zero-order chi connectivity index (χ0) is 15.4. The van der Waals surface area contributed by atoms with Crippen LogP contribution < -0.4 is 5.32 Å². The van der Waals surface area contributed by atoms with Crippen LogP contribution in [0, 0.1) is 5.92 Å². The van der Waals surface area contributed by atoms with Crippen molar-refractivity contribution >= 4 is 18.0 Å². The van der Waals surface area contributed by atoms with Crippen molar-refractivity contribution in [2.45, 2.75) is 20.3 Å². The van der Waals surface area contributed by atoms with Gasteiger partial charge in [-0.25, -0.2) is 9.59 Å². The van der Waals surface area contributed by atoms with Crippen LogP contribution >= 0.6 is 0 Å². The molecule has 0 aliphatic heterocycles. The van der Waals surface area contributed by atoms with Crippen molar-refractivity contribution in [3.8, 4) is 0 Å². The number of amides is 1. The molecule has 0 fully saturated rings. The Labute approximate surface area is 118 Å². The highest BCUT2D eigenvalue weighted by Crippen LogP contribution is 2.02. The SMILES string of the molecule is C=CC(=O)OCCOC(=O)NCCOC(=O)C(C)CC. The van der Waals surface area contributed by atoms with Crippen LogP contribution in [-0.2, 0) is 23.8 Å². The number of ether oxygens (including phenoxy) is 3. The Morgan fingerprint density at radius 1 is 1.15 bits per heavy atom. The van der Waals surface area contributed by atoms with Crippen molar-refractivity contribution in [1.82, 2.24) is 5.32 Å². The molecule has 7 heteroatoms. The lowest BCUT2D eigenvalue weighted by atomic mass is 10.1. The van der Waals surface area contributed by atoms with Crippen molar-refractivity contribution in [3.05, 3.63) is 12.7 Å². The van der Waals surface area contributed by atoms with Gasteiger partial charge in [0, 0.05) is 6.08 Å². The molecular formula is C13H21NO6. The molecule has 114 valence electrons. The van der Waals surface area contributed by atoms with Gasteiger partial charge in [0.05, 0.1) is 12.5 Å². The lowest BCUT2D eigenvalue weighted by molar-refractivity contribution is -0.147. The third kappa shape index (κ3) is 8.96. The molecule has 0 heterocycles. The Hall–Kier alpha value is -2.05. The van der Waals surface area contributed by atoms with Gasteiger partial charge in [-0.3, -0.25) is 4.79 Å². The molecule has 0 aromatic rings. The van der Waals surface area contributed by atoms with Gasteiger partial charge in [-0.05, 0) is 6.42 Å². The standard InChI is InChI=1S/C13H21NO6/c1-4-10(3)12(16)19-7-6-14-13(17)20-9-8-18-11(15)5-2/h5,10H,2,4,6-9H2,1,3H3,(H,14,17). The number of rotatable bonds is 9. The van der Waals surface area contributed by atoms with E-state index in [0.717, 1.165) is 6.08 Å². The third-order valence-corrected chi connectivity index (χ3v) is 2.36. The number of alkyl carbamates (subject to hydrolysis) is 1. The summed E-state index contributed by atoms with van der Waals surface area (Å²) in [7, 11) is 0. The van der Waals surface area contributed by atoms with Crippen molar-refractivity contribution in [1.29, 1.82) is 0 Å². The van der Waals surface area contributed by atoms with Gasteiger partial charge in [-0.15, -0.1) is 0 Å². The first-order chi connectivity index (χ1) is 9.51. The number of carbonyl (C=O) groups is 3. The van der Waals surface area contributed by atoms with E-state index >= 15 is 0 Å². The summed E-state index contributed by atoms with van der Waals surface area (Å²) >= 11 is 0. The van der Waals surface area contributed by atoms with Gasteiger partial charge in [0.1, 0.15) is 19.8 Å². The normalized spacial score (nSPS) is 11.1. The molecule has 0 saturated carbocycles. The van der Waals surface area contributed by atoms with E-state index in [0.29, 0.717) is 6.42 Å². The largest absolute Gasteiger partial charge is 0.464 e. The highest BCUT2D eigenvalue weighted by molar-refractivity contribution is 5.81. The molecule has 1 N–H and O–H groups in total. The summed E-state index contributed by atoms with van der Waals surface area (Å²) in [5.41, 5.74) is 0. The van der Waals surface area contributed by atoms with Gasteiger partial charge in [-0.1, -0.05) is 20.4 Å². The van der Waals surface area contributed by atoms with Gasteiger partial charge in [-0.2, -0.15) is 0 Å². The maximum absolute atomic E-state index is 11.3. The van der Waals surface area contributed by atoms with Gasteiger partial charge in [0.2, 0.25) is 0 Å². The van der Waals surface area contributed by atoms with Crippen molar-refractivity contribution < 1.29 is 28.6 Å². The minimum absolute atomic E-state index is 0.0404. The second-order valence-electron chi connectivity index (χ2n) is 3.91. The fourth-order valence-electron chi connectivity index (χ4n) is 1.00. The first kappa shape index (κ1) is 17.9. The van der Waals surface area contributed by atoms with E-state index in [1.54, 1.807) is 6.92 Å². The second-order valence-corrected chi connectivity index (χ2v) is 3.91. The van der Waals surface area contributed by atoms with Crippen LogP contribution in [0.5, 0.6) is 0 Å². The molecule has 0 bridgehead atoms. The summed E-state index contributed by atoms with van der Waals surface area (Å²) in [6.07, 6.45) is 1.06. The average molecular weight is 287 g/mol. The molecule has 0 rings (SSSR count). The monoisotopic (exact) mass is 287 g/mol. The Morgan fingerprint density at radius 2 is 1.80 bits per heavy atom. The smallest absolute Gasteiger partial charge is 0.407 e. The summed E-state index contributed by atoms with van der Waals surface area (Å²) in [5, 5.41) is 2.40. The molecule has 1 amide bonds. The van der Waals surface area contributed by atoms with E-state index < -0.39 is 12.1 Å². The van der Waals surface area contributed by atoms with Crippen LogP contribution in [0.1, 0.15) is 20.3 Å². The van der Waals surface area contributed by atoms with Crippen molar-refractivity contribution in [3.63, 3.8) is 0 Å². The number of esters is 2. The predicted octanol–water partition coefficient (Wildman–Crippen LogP) is 1.03. The molecule has 0 saturated heterocycles. The number of hydrogen-bond acceptors (Lipinski definition) is 6. The van der Waals surface area contributed by atoms with Crippen LogP contribution in [-0.4, -0.2) is 44.4 Å². The van der Waals surface area contributed by atoms with Crippen LogP contribution in [0.15, 0.2) is 12.7 Å². The zero-order valence-corrected chi connectivity index (χ0v) is 11.8. The highest BCUT2D eigenvalue weighted by Gasteiger charge is 2.11. The minimum Gasteiger partial charge on any atom is -0.464 e. The van der Waals surface area contributed by atoms with Crippen LogP contribution in [0.2, 0.25) is 0 Å². The lowest BCUT2D eigenvalue weighted by Crippen LogP contribution is -2.30. The van der Waals surface area contributed by atoms with Gasteiger partial charge >= 0.3 is 18.0 Å². The molecule has 0 aliphatic carbocycles. The molecule has 0 radical (unpaired) electrons. The topological polar surface area (TPSA) is 90.9 Å². The van der Waals surface area contributed by atoms with E-state index in [2.05, 4.69) is 16.6 Å². The maximum Gasteiger partial charge on any atom is 0.407 e. The summed E-state index contributed by atoms with van der Waals surface area (Å²) in [6, 6.07) is 0. The van der Waals surface area contributed by atoms with E-state index in [9.17, 15) is 14.4 Å². The fraction of sp³-hybridized carbons (Fsp3) is 0.615. The summed E-state index contributed by atoms with van der Waals surface area (Å²) in [4.78, 5) is 33.1. The number of nitrogens with one attached hydrogen (secondary N) is 1. The molecule has 1 atom stereocenters. The minimum atomic E-state index is -0.667. The molecular weight excluding hydrogens is 266 g/mol. The third-order valence-electron chi connectivity index (χ3n) is 2.36. The molecule has 1 unspecified atom stereocenters. The molecule has 20 heavy (non-hydrogen) atoms. The van der Waals surface area contributed by atoms with E-state index in [4.69, 9.17) is 9.47 Å². The van der Waals surface area contributed by atoms with Gasteiger partial charge in [0.15, 0.2) is 0 Å². The Morgan fingerprint density at radius 3 is 2.40 bits per heavy atom. The first-order valence-electron chi connectivity index (χ1n) is 6.37. The second kappa shape index (κ2) is 10.8. The molecule has 0 aromatic heterocycles. The quantitative estimate of drug-likeness (QED) is 0.295. The Bertz CT molecular complexity index is 342. The summed E-state index contributed by atoms with van der Waals surface area (Å²) in [5.74, 6) is -1.02. The number of carbonyl (C=O) groups excluding carboxylic acids is 3. The van der Waals surface area contributed by atoms with Crippen molar-refractivity contribution in [2.75, 3.05) is 26.4 Å². The van der Waals surface area contributed by atoms with Gasteiger partial charge < -0.3 is 19.5 Å². The summed E-state index contributed by atoms with van der Waals surface area (Å²) in [6.45, 7) is 7.03. The number of hydrogen-bond donors (Lipinski definition) is 1. The molecule has 0 aromatic carbocycles. The van der Waals surface area contributed by atoms with Crippen molar-refractivity contribution in [2.24, 2.45) is 5.92 Å². The predicted molar refractivity (Wildman–Crippen MR) is 70.9 cm³/mol. The average Bonchev–Trinajstić information content (AvgIpc) is 2.46. The van der Waals surface area contributed by atoms with Crippen LogP contribution in [0.3, 0.4) is 0 Å². The van der Waals surface area contributed by atoms with Gasteiger partial charge in [0.25, 0.3) is 0 Å². The first-order valence-corrected chi connectivity index (χ1v) is 6.37. The fourth-order valence-corrected chi connectivity index (χ4v) is 1.00. The van der Waals surface area contributed by atoms with E-state index in [1.807, 2.05) is 6.92 Å². The molecule has 0 spiro atoms. The maximum atomic E-state index is 11.3. The lowest BCUT2D eigenvalue weighted by Gasteiger charge is -2.10. The molecule has 0 aliphatic rings. The van der Waals surface area contributed by atoms with E-state index in [-0.39, 0.29) is 38.3 Å². The van der Waals surface area contributed by atoms with E-state index in [1.165, 1.54) is 0 Å². The highest BCUT2D eigenvalue weighted by atomic mass is 16.6. The van der Waals surface area contributed by atoms with Crippen LogP contribution in [0.25, 0.3) is 0 Å². The molecule has 7 nitrogen and oxygen atoms in total. The zero-order valence-electron chi connectivity index (χ0n) is 11.8. The van der Waals surface area contributed by atoms with Crippen LogP contribution in [0.4, 0.5) is 4.79 Å². The summed E-state index contributed by atoms with van der Waals surface area (Å²) < 4.78 is 14.2. The Kier molecular flexibility index (Phi) is 9.72.